The molecule has 0 aromatic heterocycles. The lowest BCUT2D eigenvalue weighted by molar-refractivity contribution is -0.144. The van der Waals surface area contributed by atoms with Crippen LogP contribution in [-0.2, 0) is 65.5 Å². The molecule has 4 aromatic rings. The van der Waals surface area contributed by atoms with Gasteiger partial charge < -0.3 is 31.1 Å². The van der Waals surface area contributed by atoms with E-state index < -0.39 is 77.6 Å². The van der Waals surface area contributed by atoms with Gasteiger partial charge in [0.25, 0.3) is 0 Å². The number of hydrogen-bond acceptors (Lipinski definition) is 7. The Bertz CT molecular complexity index is 2050. The number of amides is 4. The van der Waals surface area contributed by atoms with Crippen molar-refractivity contribution in [3.63, 3.8) is 0 Å². The fourth-order valence-electron chi connectivity index (χ4n) is 6.32. The van der Waals surface area contributed by atoms with Crippen LogP contribution in [0.1, 0.15) is 47.1 Å². The molecule has 0 radical (unpaired) electrons. The number of alkyl halides is 3. The van der Waals surface area contributed by atoms with Crippen LogP contribution in [0.5, 0.6) is 0 Å². The smallest absolute Gasteiger partial charge is 0.416 e. The maximum Gasteiger partial charge on any atom is 0.416 e. The third-order valence-electron chi connectivity index (χ3n) is 9.49. The van der Waals surface area contributed by atoms with E-state index in [2.05, 4.69) is 21.3 Å². The predicted molar refractivity (Wildman–Crippen MR) is 206 cm³/mol. The van der Waals surface area contributed by atoms with Crippen LogP contribution < -0.4 is 21.3 Å². The third-order valence-corrected chi connectivity index (χ3v) is 9.49. The zero-order valence-corrected chi connectivity index (χ0v) is 31.3. The van der Waals surface area contributed by atoms with Crippen LogP contribution in [-0.4, -0.2) is 65.2 Å². The molecule has 2 aliphatic heterocycles. The van der Waals surface area contributed by atoms with E-state index in [9.17, 15) is 47.0 Å². The lowest BCUT2D eigenvalue weighted by Gasteiger charge is -2.26. The highest BCUT2D eigenvalue weighted by Gasteiger charge is 2.34. The Morgan fingerprint density at radius 2 is 1.19 bits per heavy atom. The van der Waals surface area contributed by atoms with Crippen molar-refractivity contribution in [1.29, 1.82) is 0 Å². The molecule has 58 heavy (non-hydrogen) atoms. The molecule has 304 valence electrons. The second-order valence-corrected chi connectivity index (χ2v) is 14.0. The molecule has 12 nitrogen and oxygen atoms in total. The minimum absolute atomic E-state index is 0.0426. The monoisotopic (exact) mass is 800 g/mol. The van der Waals surface area contributed by atoms with Gasteiger partial charge in [0.05, 0.1) is 30.7 Å². The molecule has 2 heterocycles. The number of ether oxygens (including phenoxy) is 1. The molecular weight excluding hydrogens is 757 g/mol. The van der Waals surface area contributed by atoms with Crippen LogP contribution in [0.2, 0.25) is 0 Å². The second kappa shape index (κ2) is 20.2. The molecule has 4 aromatic carbocycles. The van der Waals surface area contributed by atoms with Gasteiger partial charge in [-0.15, -0.1) is 0 Å². The Hall–Kier alpha value is -6.35. The molecule has 0 fully saturated rings. The van der Waals surface area contributed by atoms with Gasteiger partial charge >= 0.3 is 12.1 Å². The number of hydrogen-bond donors (Lipinski definition) is 5. The highest BCUT2D eigenvalue weighted by molar-refractivity contribution is 5.97. The second-order valence-electron chi connectivity index (χ2n) is 14.0. The van der Waals surface area contributed by atoms with E-state index in [-0.39, 0.29) is 50.9 Å². The largest absolute Gasteiger partial charge is 0.481 e. The molecule has 0 saturated heterocycles. The van der Waals surface area contributed by atoms with Gasteiger partial charge in [-0.3, -0.25) is 28.8 Å². The Morgan fingerprint density at radius 1 is 0.638 bits per heavy atom. The van der Waals surface area contributed by atoms with Crippen LogP contribution in [0.4, 0.5) is 18.9 Å². The van der Waals surface area contributed by atoms with Gasteiger partial charge in [0.1, 0.15) is 12.1 Å². The summed E-state index contributed by atoms with van der Waals surface area (Å²) < 4.78 is 46.0. The quantitative estimate of drug-likeness (QED) is 0.150. The number of carboxylic acids is 1. The van der Waals surface area contributed by atoms with Gasteiger partial charge in [-0.2, -0.15) is 13.2 Å². The first-order valence-electron chi connectivity index (χ1n) is 18.6. The number of aliphatic carboxylic acids is 1. The van der Waals surface area contributed by atoms with Gasteiger partial charge in [-0.25, -0.2) is 0 Å². The lowest BCUT2D eigenvalue weighted by Crippen LogP contribution is -2.57. The number of ketones is 1. The number of rotatable bonds is 9. The molecule has 6 rings (SSSR count). The van der Waals surface area contributed by atoms with Gasteiger partial charge in [0, 0.05) is 31.4 Å². The SMILES string of the molecule is O=C1CCC(=O)N[C@H](COCc2ccccc2)C(=O)N[C@@H](Cc2ccc(C(F)(F)F)cc2)C(=O)N[C@H](Cc2ccccc2)C(=O)C[C@H](C(=O)O)Cc2ccc(cc2)N1. The van der Waals surface area contributed by atoms with Crippen molar-refractivity contribution in [3.05, 3.63) is 137 Å². The molecule has 2 aliphatic rings. The van der Waals surface area contributed by atoms with Gasteiger partial charge in [-0.05, 0) is 59.4 Å². The highest BCUT2D eigenvalue weighted by Crippen LogP contribution is 2.29. The predicted octanol–water partition coefficient (Wildman–Crippen LogP) is 4.80. The van der Waals surface area contributed by atoms with Crippen molar-refractivity contribution < 1.29 is 51.8 Å². The third kappa shape index (κ3) is 13.1. The number of carboxylic acid groups (broad SMARTS) is 1. The summed E-state index contributed by atoms with van der Waals surface area (Å²) in [6.07, 6.45) is -6.13. The van der Waals surface area contributed by atoms with Crippen molar-refractivity contribution in [2.24, 2.45) is 5.92 Å². The highest BCUT2D eigenvalue weighted by atomic mass is 19.4. The molecule has 5 N–H and O–H groups in total. The van der Waals surface area contributed by atoms with E-state index >= 15 is 0 Å². The van der Waals surface area contributed by atoms with Crippen LogP contribution in [0.15, 0.2) is 109 Å². The average molecular weight is 801 g/mol. The topological polar surface area (TPSA) is 180 Å². The number of fused-ring (bicyclic) bond motifs is 18. The minimum Gasteiger partial charge on any atom is -0.481 e. The van der Waals surface area contributed by atoms with Crippen LogP contribution >= 0.6 is 0 Å². The molecule has 2 bridgehead atoms. The maximum absolute atomic E-state index is 14.2. The number of nitrogens with one attached hydrogen (secondary N) is 4. The number of Topliss-reactive ketones (excluding diaryl/α,β-unsaturated/α-hetero) is 1. The lowest BCUT2D eigenvalue weighted by atomic mass is 9.90. The molecular formula is C43H43F3N4O8. The van der Waals surface area contributed by atoms with E-state index in [4.69, 9.17) is 4.74 Å². The first-order chi connectivity index (χ1) is 27.7. The van der Waals surface area contributed by atoms with Crippen molar-refractivity contribution in [3.8, 4) is 0 Å². The summed E-state index contributed by atoms with van der Waals surface area (Å²) in [4.78, 5) is 80.5. The number of carbonyl (C=O) groups is 6. The van der Waals surface area contributed by atoms with E-state index in [0.29, 0.717) is 16.8 Å². The van der Waals surface area contributed by atoms with Crippen LogP contribution in [0.3, 0.4) is 0 Å². The Labute approximate surface area is 332 Å². The number of benzene rings is 4. The Balaban J connectivity index is 1.49. The van der Waals surface area contributed by atoms with Gasteiger partial charge in [0.15, 0.2) is 5.78 Å². The summed E-state index contributed by atoms with van der Waals surface area (Å²) in [6, 6.07) is 23.8. The van der Waals surface area contributed by atoms with Crippen LogP contribution in [0, 0.1) is 5.92 Å². The first-order valence-corrected chi connectivity index (χ1v) is 18.6. The summed E-state index contributed by atoms with van der Waals surface area (Å²) in [5.41, 5.74) is 1.65. The van der Waals surface area contributed by atoms with E-state index in [1.807, 2.05) is 6.07 Å². The van der Waals surface area contributed by atoms with Gasteiger partial charge in [-0.1, -0.05) is 84.9 Å². The zero-order valence-electron chi connectivity index (χ0n) is 31.3. The number of anilines is 1. The number of carbonyl (C=O) groups excluding carboxylic acids is 5. The van der Waals surface area contributed by atoms with E-state index in [0.717, 1.165) is 29.8 Å². The molecule has 0 aliphatic carbocycles. The van der Waals surface area contributed by atoms with E-state index in [1.54, 1.807) is 78.9 Å². The van der Waals surface area contributed by atoms with Crippen LogP contribution in [0.25, 0.3) is 0 Å². The van der Waals surface area contributed by atoms with Crippen molar-refractivity contribution in [1.82, 2.24) is 16.0 Å². The standard InChI is InChI=1S/C43H43F3N4O8/c44-43(45,46)32-15-11-29(12-16-32)23-35-40(54)49-34(22-27-7-3-1-4-8-27)37(51)24-31(42(56)57)21-28-13-17-33(18-14-28)47-38(52)19-20-39(53)48-36(41(55)50-35)26-58-25-30-9-5-2-6-10-30/h1-18,31,34-36H,19-26H2,(H,47,52)(H,48,53)(H,49,54)(H,50,55)(H,56,57)/t31-,34-,35+,36-/m1/s1. The fourth-order valence-corrected chi connectivity index (χ4v) is 6.32. The van der Waals surface area contributed by atoms with Crippen molar-refractivity contribution in [2.45, 2.75) is 69.4 Å². The van der Waals surface area contributed by atoms with Gasteiger partial charge in [0.2, 0.25) is 23.6 Å². The Morgan fingerprint density at radius 3 is 1.81 bits per heavy atom. The summed E-state index contributed by atoms with van der Waals surface area (Å²) in [5.74, 6) is -6.03. The molecule has 15 heteroatoms. The average Bonchev–Trinajstić information content (AvgIpc) is 3.19. The fraction of sp³-hybridized carbons (Fsp3) is 0.302. The summed E-state index contributed by atoms with van der Waals surface area (Å²) in [6.45, 7) is -0.316. The zero-order chi connectivity index (χ0) is 41.7. The van der Waals surface area contributed by atoms with Crippen molar-refractivity contribution >= 4 is 41.1 Å². The molecule has 0 spiro atoms. The maximum atomic E-state index is 14.2. The Kier molecular flexibility index (Phi) is 14.9. The molecule has 0 unspecified atom stereocenters. The van der Waals surface area contributed by atoms with Crippen molar-refractivity contribution in [2.75, 3.05) is 11.9 Å². The summed E-state index contributed by atoms with van der Waals surface area (Å²) in [7, 11) is 0. The number of halogens is 3. The summed E-state index contributed by atoms with van der Waals surface area (Å²) in [5, 5.41) is 20.6. The normalized spacial score (nSPS) is 20.2. The first kappa shape index (κ1) is 42.8. The summed E-state index contributed by atoms with van der Waals surface area (Å²) >= 11 is 0. The molecule has 0 saturated carbocycles. The molecule has 4 atom stereocenters. The minimum atomic E-state index is -4.63. The van der Waals surface area contributed by atoms with E-state index in [1.165, 1.54) is 0 Å². The molecule has 4 amide bonds.